The minimum absolute atomic E-state index is 0.0159. The van der Waals surface area contributed by atoms with Crippen LogP contribution in [0, 0.1) is 6.92 Å². The second-order valence-corrected chi connectivity index (χ2v) is 7.59. The molecule has 2 atom stereocenters. The van der Waals surface area contributed by atoms with Crippen molar-refractivity contribution in [2.75, 3.05) is 29.2 Å². The summed E-state index contributed by atoms with van der Waals surface area (Å²) in [7, 11) is 1.83. The molecule has 0 saturated carbocycles. The van der Waals surface area contributed by atoms with E-state index in [4.69, 9.17) is 4.74 Å². The van der Waals surface area contributed by atoms with E-state index in [1.807, 2.05) is 34.7 Å². The van der Waals surface area contributed by atoms with E-state index in [1.54, 1.807) is 18.0 Å². The normalized spacial score (nSPS) is 20.9. The van der Waals surface area contributed by atoms with Gasteiger partial charge in [-0.25, -0.2) is 9.78 Å². The van der Waals surface area contributed by atoms with E-state index in [2.05, 4.69) is 25.9 Å². The van der Waals surface area contributed by atoms with E-state index in [0.29, 0.717) is 5.95 Å². The third kappa shape index (κ3) is 5.16. The highest BCUT2D eigenvalue weighted by Crippen LogP contribution is 2.22. The van der Waals surface area contributed by atoms with Crippen molar-refractivity contribution in [2.24, 2.45) is 0 Å². The summed E-state index contributed by atoms with van der Waals surface area (Å²) in [5, 5.41) is 9.28. The zero-order valence-electron chi connectivity index (χ0n) is 14.3. The molecule has 0 radical (unpaired) electrons. The monoisotopic (exact) mass is 339 g/mol. The second kappa shape index (κ2) is 7.25. The van der Waals surface area contributed by atoms with Crippen molar-refractivity contribution in [3.63, 3.8) is 0 Å². The Morgan fingerprint density at radius 3 is 2.70 bits per heavy atom. The molecule has 2 heterocycles. The van der Waals surface area contributed by atoms with Gasteiger partial charge in [0.15, 0.2) is 0 Å². The minimum atomic E-state index is -0.499. The molecular weight excluding hydrogens is 314 g/mol. The number of carbonyl (C=O) groups excluding carboxylic acids is 1. The van der Waals surface area contributed by atoms with E-state index in [1.165, 1.54) is 0 Å². The summed E-state index contributed by atoms with van der Waals surface area (Å²) in [5.41, 5.74) is 0.489. The Balaban J connectivity index is 1.98. The summed E-state index contributed by atoms with van der Waals surface area (Å²) < 4.78 is 5.32. The molecule has 0 aliphatic carbocycles. The topological polar surface area (TPSA) is 88.2 Å². The molecule has 7 nitrogen and oxygen atoms in total. The van der Waals surface area contributed by atoms with Crippen LogP contribution in [0.5, 0.6) is 0 Å². The number of aromatic nitrogens is 2. The van der Waals surface area contributed by atoms with Crippen LogP contribution >= 0.6 is 11.8 Å². The van der Waals surface area contributed by atoms with Gasteiger partial charge < -0.3 is 20.7 Å². The highest BCUT2D eigenvalue weighted by molar-refractivity contribution is 7.99. The lowest BCUT2D eigenvalue weighted by Gasteiger charge is -2.25. The van der Waals surface area contributed by atoms with Gasteiger partial charge in [0.25, 0.3) is 0 Å². The predicted molar refractivity (Wildman–Crippen MR) is 94.2 cm³/mol. The molecule has 1 aromatic heterocycles. The van der Waals surface area contributed by atoms with Crippen LogP contribution in [0.2, 0.25) is 0 Å². The first kappa shape index (κ1) is 17.7. The fraction of sp³-hybridized carbons (Fsp3) is 0.667. The van der Waals surface area contributed by atoms with Gasteiger partial charge >= 0.3 is 6.09 Å². The Kier molecular flexibility index (Phi) is 5.56. The number of hydrogen-bond acceptors (Lipinski definition) is 7. The maximum absolute atomic E-state index is 11.9. The molecule has 1 amide bonds. The second-order valence-electron chi connectivity index (χ2n) is 6.52. The van der Waals surface area contributed by atoms with E-state index >= 15 is 0 Å². The Bertz CT molecular complexity index is 561. The molecule has 1 saturated heterocycles. The molecule has 2 rings (SSSR count). The fourth-order valence-corrected chi connectivity index (χ4v) is 3.50. The molecule has 1 aliphatic rings. The average Bonchev–Trinajstić information content (AvgIpc) is 2.86. The Morgan fingerprint density at radius 1 is 1.35 bits per heavy atom. The number of nitrogens with zero attached hydrogens (tertiary/aromatic N) is 2. The summed E-state index contributed by atoms with van der Waals surface area (Å²) in [6, 6.07) is 0.0534. The van der Waals surface area contributed by atoms with Crippen molar-refractivity contribution in [3.8, 4) is 0 Å². The molecular formula is C15H25N5O2S. The van der Waals surface area contributed by atoms with Gasteiger partial charge in [-0.15, -0.1) is 0 Å². The van der Waals surface area contributed by atoms with Gasteiger partial charge in [0.05, 0.1) is 12.1 Å². The predicted octanol–water partition coefficient (Wildman–Crippen LogP) is 2.25. The van der Waals surface area contributed by atoms with E-state index in [0.717, 1.165) is 22.9 Å². The lowest BCUT2D eigenvalue weighted by molar-refractivity contribution is 0.0507. The molecule has 3 N–H and O–H groups in total. The largest absolute Gasteiger partial charge is 0.444 e. The molecule has 23 heavy (non-hydrogen) atoms. The summed E-state index contributed by atoms with van der Waals surface area (Å²) >= 11 is 1.78. The molecule has 8 heteroatoms. The minimum Gasteiger partial charge on any atom is -0.444 e. The molecule has 0 spiro atoms. The van der Waals surface area contributed by atoms with Gasteiger partial charge in [0.1, 0.15) is 11.4 Å². The third-order valence-electron chi connectivity index (χ3n) is 3.31. The van der Waals surface area contributed by atoms with Gasteiger partial charge in [-0.3, -0.25) is 0 Å². The SMILES string of the molecule is CNc1nc(NC2CSCC2NC(=O)OC(C)(C)C)ncc1C. The van der Waals surface area contributed by atoms with Crippen molar-refractivity contribution in [3.05, 3.63) is 11.8 Å². The van der Waals surface area contributed by atoms with Crippen molar-refractivity contribution in [2.45, 2.75) is 45.4 Å². The first-order chi connectivity index (χ1) is 10.8. The van der Waals surface area contributed by atoms with Crippen LogP contribution in [-0.4, -0.2) is 52.3 Å². The summed E-state index contributed by atoms with van der Waals surface area (Å²) in [4.78, 5) is 20.7. The number of ether oxygens (including phenoxy) is 1. The lowest BCUT2D eigenvalue weighted by Crippen LogP contribution is -2.47. The molecule has 128 valence electrons. The maximum Gasteiger partial charge on any atom is 0.407 e. The number of aryl methyl sites for hydroxylation is 1. The van der Waals surface area contributed by atoms with E-state index in [9.17, 15) is 4.79 Å². The number of alkyl carbamates (subject to hydrolysis) is 1. The standard InChI is InChI=1S/C15H25N5O2S/c1-9-6-17-13(20-12(9)16-5)18-10-7-23-8-11(10)19-14(21)22-15(2,3)4/h6,10-11H,7-8H2,1-5H3,(H,19,21)(H2,16,17,18,20). The number of anilines is 2. The van der Waals surface area contributed by atoms with Crippen LogP contribution in [0.25, 0.3) is 0 Å². The number of hydrogen-bond donors (Lipinski definition) is 3. The van der Waals surface area contributed by atoms with E-state index < -0.39 is 11.7 Å². The molecule has 1 aliphatic heterocycles. The molecule has 1 fully saturated rings. The zero-order valence-corrected chi connectivity index (χ0v) is 15.1. The highest BCUT2D eigenvalue weighted by Gasteiger charge is 2.31. The summed E-state index contributed by atoms with van der Waals surface area (Å²) in [6.07, 6.45) is 1.39. The molecule has 2 unspecified atom stereocenters. The summed E-state index contributed by atoms with van der Waals surface area (Å²) in [5.74, 6) is 3.07. The van der Waals surface area contributed by atoms with Crippen LogP contribution in [0.15, 0.2) is 6.20 Å². The summed E-state index contributed by atoms with van der Waals surface area (Å²) in [6.45, 7) is 7.51. The van der Waals surface area contributed by atoms with Gasteiger partial charge in [-0.2, -0.15) is 16.7 Å². The van der Waals surface area contributed by atoms with Crippen molar-refractivity contribution in [1.29, 1.82) is 0 Å². The molecule has 0 bridgehead atoms. The number of nitrogens with one attached hydrogen (secondary N) is 3. The Hall–Kier alpha value is -1.70. The highest BCUT2D eigenvalue weighted by atomic mass is 32.2. The van der Waals surface area contributed by atoms with Gasteiger partial charge in [0, 0.05) is 30.3 Å². The maximum atomic E-state index is 11.9. The van der Waals surface area contributed by atoms with Crippen molar-refractivity contribution in [1.82, 2.24) is 15.3 Å². The quantitative estimate of drug-likeness (QED) is 0.775. The van der Waals surface area contributed by atoms with Crippen LogP contribution in [-0.2, 0) is 4.74 Å². The fourth-order valence-electron chi connectivity index (χ4n) is 2.23. The smallest absolute Gasteiger partial charge is 0.407 e. The van der Waals surface area contributed by atoms with Crippen LogP contribution in [0.1, 0.15) is 26.3 Å². The molecule has 0 aromatic carbocycles. The number of thioether (sulfide) groups is 1. The van der Waals surface area contributed by atoms with E-state index in [-0.39, 0.29) is 12.1 Å². The van der Waals surface area contributed by atoms with Crippen molar-refractivity contribution >= 4 is 29.6 Å². The lowest BCUT2D eigenvalue weighted by atomic mass is 10.2. The first-order valence-electron chi connectivity index (χ1n) is 7.63. The number of rotatable bonds is 4. The van der Waals surface area contributed by atoms with Crippen LogP contribution in [0.4, 0.5) is 16.6 Å². The average molecular weight is 339 g/mol. The van der Waals surface area contributed by atoms with Gasteiger partial charge in [-0.1, -0.05) is 0 Å². The number of amides is 1. The van der Waals surface area contributed by atoms with Gasteiger partial charge in [-0.05, 0) is 27.7 Å². The van der Waals surface area contributed by atoms with Crippen LogP contribution in [0.3, 0.4) is 0 Å². The van der Waals surface area contributed by atoms with Crippen molar-refractivity contribution < 1.29 is 9.53 Å². The molecule has 1 aromatic rings. The van der Waals surface area contributed by atoms with Crippen LogP contribution < -0.4 is 16.0 Å². The first-order valence-corrected chi connectivity index (χ1v) is 8.79. The Morgan fingerprint density at radius 2 is 2.04 bits per heavy atom. The third-order valence-corrected chi connectivity index (χ3v) is 4.50. The number of carbonyl (C=O) groups is 1. The zero-order chi connectivity index (χ0) is 17.0. The van der Waals surface area contributed by atoms with Gasteiger partial charge in [0.2, 0.25) is 5.95 Å². The Labute approximate surface area is 141 Å².